The van der Waals surface area contributed by atoms with Crippen LogP contribution in [0.4, 0.5) is 0 Å². The fourth-order valence-electron chi connectivity index (χ4n) is 2.74. The van der Waals surface area contributed by atoms with Gasteiger partial charge in [0.05, 0.1) is 0 Å². The average molecular weight is 263 g/mol. The molecule has 0 saturated heterocycles. The minimum Gasteiger partial charge on any atom is -0.303 e. The third kappa shape index (κ3) is 4.33. The van der Waals surface area contributed by atoms with E-state index in [9.17, 15) is 0 Å². The number of hydrogen-bond acceptors (Lipinski definition) is 2. The van der Waals surface area contributed by atoms with E-state index in [-0.39, 0.29) is 0 Å². The molecule has 18 heavy (non-hydrogen) atoms. The number of fused-ring (bicyclic) bond motifs is 1. The number of benzene rings is 1. The van der Waals surface area contributed by atoms with Crippen molar-refractivity contribution in [2.75, 3.05) is 25.4 Å². The third-order valence-corrected chi connectivity index (χ3v) is 4.21. The van der Waals surface area contributed by atoms with Gasteiger partial charge in [0.1, 0.15) is 0 Å². The highest BCUT2D eigenvalue weighted by molar-refractivity contribution is 7.80. The molecule has 1 heterocycles. The highest BCUT2D eigenvalue weighted by atomic mass is 32.1. The lowest BCUT2D eigenvalue weighted by molar-refractivity contribution is 0.280. The summed E-state index contributed by atoms with van der Waals surface area (Å²) < 4.78 is 0. The summed E-state index contributed by atoms with van der Waals surface area (Å²) in [6.07, 6.45) is 7.79. The van der Waals surface area contributed by atoms with Crippen molar-refractivity contribution >= 4 is 12.6 Å². The summed E-state index contributed by atoms with van der Waals surface area (Å²) in [6, 6.07) is 8.94. The Kier molecular flexibility index (Phi) is 6.09. The van der Waals surface area contributed by atoms with E-state index >= 15 is 0 Å². The van der Waals surface area contributed by atoms with Crippen molar-refractivity contribution in [1.82, 2.24) is 4.90 Å². The first-order valence-electron chi connectivity index (χ1n) is 7.30. The van der Waals surface area contributed by atoms with Gasteiger partial charge in [-0.3, -0.25) is 0 Å². The van der Waals surface area contributed by atoms with E-state index in [1.807, 2.05) is 0 Å². The van der Waals surface area contributed by atoms with Gasteiger partial charge in [-0.2, -0.15) is 12.6 Å². The topological polar surface area (TPSA) is 3.24 Å². The van der Waals surface area contributed by atoms with E-state index in [2.05, 4.69) is 41.8 Å². The number of unbranched alkanes of at least 4 members (excludes halogenated alkanes) is 3. The molecular weight excluding hydrogens is 238 g/mol. The number of nitrogens with zero attached hydrogens (tertiary/aromatic N) is 1. The third-order valence-electron chi connectivity index (χ3n) is 3.90. The van der Waals surface area contributed by atoms with Gasteiger partial charge in [-0.1, -0.05) is 37.1 Å². The predicted octanol–water partition coefficient (Wildman–Crippen LogP) is 3.58. The van der Waals surface area contributed by atoms with Crippen molar-refractivity contribution in [2.24, 2.45) is 0 Å². The largest absolute Gasteiger partial charge is 0.303 e. The van der Waals surface area contributed by atoms with E-state index < -0.39 is 0 Å². The molecule has 0 unspecified atom stereocenters. The molecule has 0 saturated carbocycles. The van der Waals surface area contributed by atoms with Gasteiger partial charge in [-0.15, -0.1) is 0 Å². The van der Waals surface area contributed by atoms with Gasteiger partial charge in [0, 0.05) is 13.1 Å². The van der Waals surface area contributed by atoms with Gasteiger partial charge in [0.15, 0.2) is 0 Å². The van der Waals surface area contributed by atoms with Crippen LogP contribution in [0.1, 0.15) is 36.8 Å². The van der Waals surface area contributed by atoms with E-state index in [4.69, 9.17) is 0 Å². The Labute approximate surface area is 117 Å². The zero-order valence-corrected chi connectivity index (χ0v) is 12.2. The van der Waals surface area contributed by atoms with Crippen LogP contribution in [0.5, 0.6) is 0 Å². The monoisotopic (exact) mass is 263 g/mol. The van der Waals surface area contributed by atoms with Crippen LogP contribution < -0.4 is 0 Å². The second-order valence-corrected chi connectivity index (χ2v) is 5.70. The van der Waals surface area contributed by atoms with Gasteiger partial charge < -0.3 is 4.90 Å². The molecule has 0 N–H and O–H groups in total. The zero-order valence-electron chi connectivity index (χ0n) is 11.3. The maximum Gasteiger partial charge on any atom is 0.00221 e. The number of rotatable bonds is 6. The zero-order chi connectivity index (χ0) is 12.6. The molecule has 1 aromatic carbocycles. The minimum atomic E-state index is 1.04. The molecule has 1 aromatic rings. The second kappa shape index (κ2) is 7.85. The summed E-state index contributed by atoms with van der Waals surface area (Å²) in [4.78, 5) is 2.64. The fourth-order valence-corrected chi connectivity index (χ4v) is 2.96. The molecule has 0 aliphatic carbocycles. The number of thiol groups is 1. The molecule has 0 amide bonds. The predicted molar refractivity (Wildman–Crippen MR) is 82.6 cm³/mol. The number of hydrogen-bond donors (Lipinski definition) is 1. The van der Waals surface area contributed by atoms with E-state index in [1.54, 1.807) is 11.1 Å². The van der Waals surface area contributed by atoms with Crippen LogP contribution in [0.25, 0.3) is 0 Å². The van der Waals surface area contributed by atoms with Crippen molar-refractivity contribution in [3.63, 3.8) is 0 Å². The quantitative estimate of drug-likeness (QED) is 0.606. The van der Waals surface area contributed by atoms with Crippen LogP contribution in [0.3, 0.4) is 0 Å². The SMILES string of the molecule is SCCCCCCN1CCc2ccccc2CC1. The lowest BCUT2D eigenvalue weighted by Crippen LogP contribution is -2.27. The summed E-state index contributed by atoms with van der Waals surface area (Å²) in [5.41, 5.74) is 3.13. The summed E-state index contributed by atoms with van der Waals surface area (Å²) in [6.45, 7) is 3.76. The van der Waals surface area contributed by atoms with Crippen LogP contribution in [0.2, 0.25) is 0 Å². The van der Waals surface area contributed by atoms with Crippen molar-refractivity contribution in [3.05, 3.63) is 35.4 Å². The van der Waals surface area contributed by atoms with Crippen LogP contribution >= 0.6 is 12.6 Å². The summed E-state index contributed by atoms with van der Waals surface area (Å²) in [5, 5.41) is 0. The highest BCUT2D eigenvalue weighted by Crippen LogP contribution is 2.16. The summed E-state index contributed by atoms with van der Waals surface area (Å²) in [5.74, 6) is 1.04. The molecular formula is C16H25NS. The summed E-state index contributed by atoms with van der Waals surface area (Å²) >= 11 is 4.26. The maximum absolute atomic E-state index is 4.26. The van der Waals surface area contributed by atoms with E-state index in [0.717, 1.165) is 5.75 Å². The van der Waals surface area contributed by atoms with E-state index in [1.165, 1.54) is 58.2 Å². The average Bonchev–Trinajstić information content (AvgIpc) is 2.61. The first-order chi connectivity index (χ1) is 8.90. The Morgan fingerprint density at radius 3 is 2.11 bits per heavy atom. The lowest BCUT2D eigenvalue weighted by Gasteiger charge is -2.19. The molecule has 1 nitrogen and oxygen atoms in total. The van der Waals surface area contributed by atoms with Crippen molar-refractivity contribution in [2.45, 2.75) is 38.5 Å². The van der Waals surface area contributed by atoms with Crippen LogP contribution in [0.15, 0.2) is 24.3 Å². The van der Waals surface area contributed by atoms with Crippen molar-refractivity contribution in [3.8, 4) is 0 Å². The molecule has 1 aliphatic rings. The van der Waals surface area contributed by atoms with Crippen molar-refractivity contribution < 1.29 is 0 Å². The van der Waals surface area contributed by atoms with Crippen molar-refractivity contribution in [1.29, 1.82) is 0 Å². The van der Waals surface area contributed by atoms with E-state index in [0.29, 0.717) is 0 Å². The van der Waals surface area contributed by atoms with Crippen LogP contribution in [-0.2, 0) is 12.8 Å². The highest BCUT2D eigenvalue weighted by Gasteiger charge is 2.12. The van der Waals surface area contributed by atoms with Gasteiger partial charge >= 0.3 is 0 Å². The molecule has 100 valence electrons. The maximum atomic E-state index is 4.26. The van der Waals surface area contributed by atoms with Gasteiger partial charge in [0.25, 0.3) is 0 Å². The molecule has 0 atom stereocenters. The summed E-state index contributed by atoms with van der Waals surface area (Å²) in [7, 11) is 0. The molecule has 0 spiro atoms. The van der Waals surface area contributed by atoms with Gasteiger partial charge in [-0.05, 0) is 49.1 Å². The normalized spacial score (nSPS) is 16.3. The Morgan fingerprint density at radius 1 is 0.889 bits per heavy atom. The molecule has 0 bridgehead atoms. The molecule has 2 heteroatoms. The van der Waals surface area contributed by atoms with Crippen LogP contribution in [0, 0.1) is 0 Å². The fraction of sp³-hybridized carbons (Fsp3) is 0.625. The Balaban J connectivity index is 1.71. The molecule has 1 aliphatic heterocycles. The molecule has 0 radical (unpaired) electrons. The Morgan fingerprint density at radius 2 is 1.50 bits per heavy atom. The molecule has 2 rings (SSSR count). The van der Waals surface area contributed by atoms with Gasteiger partial charge in [-0.25, -0.2) is 0 Å². The van der Waals surface area contributed by atoms with Crippen LogP contribution in [-0.4, -0.2) is 30.3 Å². The second-order valence-electron chi connectivity index (χ2n) is 5.25. The smallest absolute Gasteiger partial charge is 0.00221 e. The lowest BCUT2D eigenvalue weighted by atomic mass is 10.0. The first-order valence-corrected chi connectivity index (χ1v) is 7.93. The molecule has 0 aromatic heterocycles. The Hall–Kier alpha value is -0.470. The first kappa shape index (κ1) is 14.0. The standard InChI is InChI=1S/C16H25NS/c18-14-6-2-1-5-11-17-12-9-15-7-3-4-8-16(15)10-13-17/h3-4,7-8,18H,1-2,5-6,9-14H2. The molecule has 0 fully saturated rings. The minimum absolute atomic E-state index is 1.04. The van der Waals surface area contributed by atoms with Gasteiger partial charge in [0.2, 0.25) is 0 Å². The Bertz CT molecular complexity index is 324.